The van der Waals surface area contributed by atoms with Gasteiger partial charge in [-0.05, 0) is 43.2 Å². The first-order valence-electron chi connectivity index (χ1n) is 9.16. The fraction of sp³-hybridized carbons (Fsp3) is 0.318. The van der Waals surface area contributed by atoms with E-state index in [9.17, 15) is 14.4 Å². The Morgan fingerprint density at radius 2 is 1.79 bits per heavy atom. The molecule has 28 heavy (non-hydrogen) atoms. The average molecular weight is 382 g/mol. The Labute approximate surface area is 165 Å². The zero-order valence-corrected chi connectivity index (χ0v) is 16.7. The van der Waals surface area contributed by atoms with Gasteiger partial charge in [0.25, 0.3) is 5.91 Å². The van der Waals surface area contributed by atoms with E-state index in [0.717, 1.165) is 0 Å². The standard InChI is InChI=1S/C22H26N2O4/c1-14(2)13-23-22(27)18-7-5-6-8-19(18)24-21(26)12-17-11-16(15(3)25)9-10-20(17)28-4/h5-11,14H,12-13H2,1-4H3,(H,23,27)(H,24,26). The summed E-state index contributed by atoms with van der Waals surface area (Å²) < 4.78 is 5.29. The number of amides is 2. The van der Waals surface area contributed by atoms with Gasteiger partial charge >= 0.3 is 0 Å². The predicted molar refractivity (Wildman–Crippen MR) is 109 cm³/mol. The molecule has 2 amide bonds. The summed E-state index contributed by atoms with van der Waals surface area (Å²) in [5.41, 5.74) is 1.96. The number of benzene rings is 2. The van der Waals surface area contributed by atoms with Crippen LogP contribution in [-0.4, -0.2) is 31.3 Å². The third kappa shape index (κ3) is 5.67. The normalized spacial score (nSPS) is 10.5. The number of rotatable bonds is 8. The lowest BCUT2D eigenvalue weighted by Crippen LogP contribution is -2.28. The molecular weight excluding hydrogens is 356 g/mol. The van der Waals surface area contributed by atoms with Gasteiger partial charge < -0.3 is 15.4 Å². The quantitative estimate of drug-likeness (QED) is 0.685. The molecule has 6 nitrogen and oxygen atoms in total. The Morgan fingerprint density at radius 1 is 1.07 bits per heavy atom. The Morgan fingerprint density at radius 3 is 2.43 bits per heavy atom. The first-order chi connectivity index (χ1) is 13.3. The molecule has 0 fully saturated rings. The van der Waals surface area contributed by atoms with Gasteiger partial charge in [-0.2, -0.15) is 0 Å². The molecule has 0 atom stereocenters. The van der Waals surface area contributed by atoms with Crippen molar-refractivity contribution in [2.24, 2.45) is 5.92 Å². The van der Waals surface area contributed by atoms with Gasteiger partial charge in [-0.3, -0.25) is 14.4 Å². The van der Waals surface area contributed by atoms with Crippen LogP contribution in [0.15, 0.2) is 42.5 Å². The fourth-order valence-electron chi connectivity index (χ4n) is 2.69. The lowest BCUT2D eigenvalue weighted by molar-refractivity contribution is -0.115. The summed E-state index contributed by atoms with van der Waals surface area (Å²) >= 11 is 0. The van der Waals surface area contributed by atoms with Crippen molar-refractivity contribution in [1.82, 2.24) is 5.32 Å². The number of ether oxygens (including phenoxy) is 1. The van der Waals surface area contributed by atoms with Crippen LogP contribution in [0.2, 0.25) is 0 Å². The topological polar surface area (TPSA) is 84.5 Å². The van der Waals surface area contributed by atoms with Gasteiger partial charge in [0.05, 0.1) is 24.8 Å². The van der Waals surface area contributed by atoms with E-state index in [4.69, 9.17) is 4.74 Å². The van der Waals surface area contributed by atoms with E-state index in [1.54, 1.807) is 42.5 Å². The molecule has 0 saturated carbocycles. The van der Waals surface area contributed by atoms with Gasteiger partial charge in [0.15, 0.2) is 5.78 Å². The molecule has 0 aliphatic rings. The molecule has 0 unspecified atom stereocenters. The number of nitrogens with one attached hydrogen (secondary N) is 2. The van der Waals surface area contributed by atoms with Crippen molar-refractivity contribution in [3.8, 4) is 5.75 Å². The first kappa shape index (κ1) is 21.2. The van der Waals surface area contributed by atoms with Gasteiger partial charge in [-0.25, -0.2) is 0 Å². The number of anilines is 1. The highest BCUT2D eigenvalue weighted by Crippen LogP contribution is 2.22. The van der Waals surface area contributed by atoms with Crippen LogP contribution in [0, 0.1) is 5.92 Å². The number of ketones is 1. The monoisotopic (exact) mass is 382 g/mol. The molecule has 148 valence electrons. The molecule has 0 heterocycles. The Balaban J connectivity index is 2.17. The molecule has 2 N–H and O–H groups in total. The second-order valence-electron chi connectivity index (χ2n) is 6.96. The van der Waals surface area contributed by atoms with Crippen molar-refractivity contribution in [3.63, 3.8) is 0 Å². The molecule has 0 spiro atoms. The summed E-state index contributed by atoms with van der Waals surface area (Å²) in [6.45, 7) is 6.04. The Bertz CT molecular complexity index is 875. The minimum absolute atomic E-state index is 0.0201. The van der Waals surface area contributed by atoms with Crippen LogP contribution < -0.4 is 15.4 Å². The van der Waals surface area contributed by atoms with E-state index in [1.807, 2.05) is 13.8 Å². The maximum atomic E-state index is 12.6. The molecule has 0 aliphatic heterocycles. The van der Waals surface area contributed by atoms with Crippen LogP contribution in [0.5, 0.6) is 5.75 Å². The molecule has 2 rings (SSSR count). The molecule has 0 saturated heterocycles. The molecule has 0 aromatic heterocycles. The van der Waals surface area contributed by atoms with E-state index in [2.05, 4.69) is 10.6 Å². The lowest BCUT2D eigenvalue weighted by Gasteiger charge is -2.13. The molecule has 0 radical (unpaired) electrons. The second-order valence-corrected chi connectivity index (χ2v) is 6.96. The van der Waals surface area contributed by atoms with Crippen molar-refractivity contribution in [2.75, 3.05) is 19.0 Å². The molecule has 2 aromatic rings. The second kappa shape index (κ2) is 9.69. The van der Waals surface area contributed by atoms with Crippen LogP contribution in [0.4, 0.5) is 5.69 Å². The van der Waals surface area contributed by atoms with Crippen molar-refractivity contribution in [2.45, 2.75) is 27.2 Å². The minimum Gasteiger partial charge on any atom is -0.496 e. The third-order valence-electron chi connectivity index (χ3n) is 4.15. The minimum atomic E-state index is -0.303. The maximum absolute atomic E-state index is 12.6. The summed E-state index contributed by atoms with van der Waals surface area (Å²) in [6, 6.07) is 11.9. The summed E-state index contributed by atoms with van der Waals surface area (Å²) in [6.07, 6.45) is 0.0201. The first-order valence-corrected chi connectivity index (χ1v) is 9.16. The zero-order valence-electron chi connectivity index (χ0n) is 16.7. The fourth-order valence-corrected chi connectivity index (χ4v) is 2.69. The molecule has 0 aliphatic carbocycles. The Kier molecular flexibility index (Phi) is 7.32. The predicted octanol–water partition coefficient (Wildman–Crippen LogP) is 3.46. The number of carbonyl (C=O) groups excluding carboxylic acids is 3. The van der Waals surface area contributed by atoms with Crippen LogP contribution in [-0.2, 0) is 11.2 Å². The van der Waals surface area contributed by atoms with E-state index >= 15 is 0 Å². The van der Waals surface area contributed by atoms with Crippen LogP contribution >= 0.6 is 0 Å². The number of para-hydroxylation sites is 1. The number of hydrogen-bond donors (Lipinski definition) is 2. The van der Waals surface area contributed by atoms with Crippen molar-refractivity contribution >= 4 is 23.3 Å². The number of carbonyl (C=O) groups is 3. The van der Waals surface area contributed by atoms with E-state index in [-0.39, 0.29) is 24.0 Å². The van der Waals surface area contributed by atoms with Gasteiger partial charge in [0.2, 0.25) is 5.91 Å². The van der Waals surface area contributed by atoms with Gasteiger partial charge in [-0.15, -0.1) is 0 Å². The van der Waals surface area contributed by atoms with Crippen LogP contribution in [0.1, 0.15) is 47.1 Å². The van der Waals surface area contributed by atoms with Gasteiger partial charge in [0, 0.05) is 17.7 Å². The zero-order chi connectivity index (χ0) is 20.7. The molecule has 6 heteroatoms. The maximum Gasteiger partial charge on any atom is 0.253 e. The SMILES string of the molecule is COc1ccc(C(C)=O)cc1CC(=O)Nc1ccccc1C(=O)NCC(C)C. The molecule has 0 bridgehead atoms. The number of Topliss-reactive ketones (excluding diaryl/α,β-unsaturated/α-hetero) is 1. The van der Waals surface area contributed by atoms with E-state index in [0.29, 0.717) is 40.6 Å². The smallest absolute Gasteiger partial charge is 0.253 e. The molecular formula is C22H26N2O4. The third-order valence-corrected chi connectivity index (χ3v) is 4.15. The van der Waals surface area contributed by atoms with Gasteiger partial charge in [0.1, 0.15) is 5.75 Å². The Hall–Kier alpha value is -3.15. The van der Waals surface area contributed by atoms with E-state index in [1.165, 1.54) is 14.0 Å². The van der Waals surface area contributed by atoms with Crippen molar-refractivity contribution in [1.29, 1.82) is 0 Å². The lowest BCUT2D eigenvalue weighted by atomic mass is 10.0. The van der Waals surface area contributed by atoms with Crippen LogP contribution in [0.25, 0.3) is 0 Å². The number of hydrogen-bond acceptors (Lipinski definition) is 4. The number of methoxy groups -OCH3 is 1. The van der Waals surface area contributed by atoms with Gasteiger partial charge in [-0.1, -0.05) is 26.0 Å². The summed E-state index contributed by atoms with van der Waals surface area (Å²) in [4.78, 5) is 36.6. The van der Waals surface area contributed by atoms with Crippen molar-refractivity contribution < 1.29 is 19.1 Å². The summed E-state index contributed by atoms with van der Waals surface area (Å²) in [7, 11) is 1.51. The highest BCUT2D eigenvalue weighted by Gasteiger charge is 2.15. The van der Waals surface area contributed by atoms with Crippen molar-refractivity contribution in [3.05, 3.63) is 59.2 Å². The molecule has 2 aromatic carbocycles. The largest absolute Gasteiger partial charge is 0.496 e. The average Bonchev–Trinajstić information content (AvgIpc) is 2.66. The van der Waals surface area contributed by atoms with E-state index < -0.39 is 0 Å². The van der Waals surface area contributed by atoms with Crippen LogP contribution in [0.3, 0.4) is 0 Å². The summed E-state index contributed by atoms with van der Waals surface area (Å²) in [5.74, 6) is 0.232. The highest BCUT2D eigenvalue weighted by molar-refractivity contribution is 6.04. The highest BCUT2D eigenvalue weighted by atomic mass is 16.5. The summed E-state index contributed by atoms with van der Waals surface area (Å²) in [5, 5.41) is 5.64.